The summed E-state index contributed by atoms with van der Waals surface area (Å²) in [5.74, 6) is 0. The molecule has 0 fully saturated rings. The van der Waals surface area contributed by atoms with Crippen molar-refractivity contribution in [3.8, 4) is 0 Å². The van der Waals surface area contributed by atoms with E-state index in [9.17, 15) is 0 Å². The molecule has 0 radical (unpaired) electrons. The van der Waals surface area contributed by atoms with E-state index in [4.69, 9.17) is 5.73 Å². The smallest absolute Gasteiger partial charge is 0.0241 e. The lowest BCUT2D eigenvalue weighted by molar-refractivity contribution is 1.44. The summed E-state index contributed by atoms with van der Waals surface area (Å²) in [4.78, 5) is 0. The first kappa shape index (κ1) is 9.50. The lowest BCUT2D eigenvalue weighted by atomic mass is 10.1. The maximum Gasteiger partial charge on any atom is 0.0241 e. The number of allylic oxidation sites excluding steroid dienone is 5. The Bertz CT molecular complexity index is 231. The fourth-order valence-electron chi connectivity index (χ4n) is 0.446. The maximum absolute atomic E-state index is 5.30. The van der Waals surface area contributed by atoms with E-state index in [0.717, 1.165) is 11.1 Å². The molecular weight excluding hydrogens is 134 g/mol. The number of nitrogens with two attached hydrogens (primary N) is 1. The molecule has 58 valence electrons. The van der Waals surface area contributed by atoms with Gasteiger partial charge in [0.15, 0.2) is 0 Å². The second kappa shape index (κ2) is 4.34. The Morgan fingerprint density at radius 2 is 1.55 bits per heavy atom. The second-order valence-electron chi connectivity index (χ2n) is 2.16. The third-order valence-corrected chi connectivity index (χ3v) is 1.16. The minimum absolute atomic E-state index is 0.503. The van der Waals surface area contributed by atoms with Gasteiger partial charge in [-0.1, -0.05) is 38.5 Å². The quantitative estimate of drug-likeness (QED) is 0.607. The van der Waals surface area contributed by atoms with Gasteiger partial charge in [0.05, 0.1) is 0 Å². The summed E-state index contributed by atoms with van der Waals surface area (Å²) in [6.07, 6.45) is 5.08. The van der Waals surface area contributed by atoms with Gasteiger partial charge in [0, 0.05) is 5.70 Å². The first-order valence-electron chi connectivity index (χ1n) is 3.21. The van der Waals surface area contributed by atoms with E-state index in [1.807, 2.05) is 0 Å². The largest absolute Gasteiger partial charge is 0.399 e. The first-order chi connectivity index (χ1) is 5.07. The third-order valence-electron chi connectivity index (χ3n) is 1.16. The van der Waals surface area contributed by atoms with Crippen molar-refractivity contribution in [3.63, 3.8) is 0 Å². The highest BCUT2D eigenvalue weighted by Crippen LogP contribution is 2.07. The van der Waals surface area contributed by atoms with Crippen molar-refractivity contribution in [2.45, 2.75) is 0 Å². The molecule has 1 heteroatoms. The molecule has 0 bridgehead atoms. The van der Waals surface area contributed by atoms with Crippen LogP contribution < -0.4 is 5.73 Å². The van der Waals surface area contributed by atoms with Crippen molar-refractivity contribution in [2.75, 3.05) is 0 Å². The molecule has 0 aromatic heterocycles. The molecule has 0 saturated carbocycles. The van der Waals surface area contributed by atoms with Crippen molar-refractivity contribution in [2.24, 2.45) is 5.73 Å². The van der Waals surface area contributed by atoms with Crippen LogP contribution in [0.25, 0.3) is 0 Å². The summed E-state index contributed by atoms with van der Waals surface area (Å²) in [6.45, 7) is 14.5. The Kier molecular flexibility index (Phi) is 3.75. The van der Waals surface area contributed by atoms with Crippen molar-refractivity contribution < 1.29 is 0 Å². The molecule has 0 rings (SSSR count). The highest BCUT2D eigenvalue weighted by atomic mass is 14.5. The molecule has 0 aliphatic heterocycles. The van der Waals surface area contributed by atoms with Crippen LogP contribution in [0.4, 0.5) is 0 Å². The SMILES string of the molecule is C=CC(=C)C(=C)/C=C\C(=C)N. The molecule has 0 aromatic carbocycles. The van der Waals surface area contributed by atoms with Crippen molar-refractivity contribution in [3.05, 3.63) is 61.4 Å². The van der Waals surface area contributed by atoms with Crippen molar-refractivity contribution in [1.29, 1.82) is 0 Å². The highest BCUT2D eigenvalue weighted by molar-refractivity contribution is 5.42. The van der Waals surface area contributed by atoms with E-state index in [2.05, 4.69) is 26.3 Å². The van der Waals surface area contributed by atoms with E-state index >= 15 is 0 Å². The molecule has 0 aliphatic carbocycles. The average Bonchev–Trinajstić information content (AvgIpc) is 1.98. The summed E-state index contributed by atoms with van der Waals surface area (Å²) in [7, 11) is 0. The Morgan fingerprint density at radius 3 is 1.91 bits per heavy atom. The van der Waals surface area contributed by atoms with Gasteiger partial charge in [-0.05, 0) is 17.2 Å². The zero-order valence-corrected chi connectivity index (χ0v) is 6.64. The van der Waals surface area contributed by atoms with Gasteiger partial charge in [0.25, 0.3) is 0 Å². The minimum Gasteiger partial charge on any atom is -0.399 e. The van der Waals surface area contributed by atoms with E-state index in [-0.39, 0.29) is 0 Å². The van der Waals surface area contributed by atoms with E-state index in [1.165, 1.54) is 0 Å². The monoisotopic (exact) mass is 147 g/mol. The fraction of sp³-hybridized carbons (Fsp3) is 0. The van der Waals surface area contributed by atoms with Crippen LogP contribution in [0.1, 0.15) is 0 Å². The molecule has 11 heavy (non-hydrogen) atoms. The molecular formula is C10H13N. The van der Waals surface area contributed by atoms with Crippen LogP contribution in [-0.4, -0.2) is 0 Å². The predicted molar refractivity (Wildman–Crippen MR) is 50.9 cm³/mol. The third kappa shape index (κ3) is 3.98. The van der Waals surface area contributed by atoms with Crippen molar-refractivity contribution >= 4 is 0 Å². The van der Waals surface area contributed by atoms with Gasteiger partial charge in [0.1, 0.15) is 0 Å². The Balaban J connectivity index is 4.18. The highest BCUT2D eigenvalue weighted by Gasteiger charge is 1.88. The topological polar surface area (TPSA) is 26.0 Å². The van der Waals surface area contributed by atoms with Crippen LogP contribution >= 0.6 is 0 Å². The molecule has 0 saturated heterocycles. The van der Waals surface area contributed by atoms with E-state index in [0.29, 0.717) is 5.70 Å². The Labute approximate surface area is 67.9 Å². The van der Waals surface area contributed by atoms with Crippen LogP contribution in [0.3, 0.4) is 0 Å². The summed E-state index contributed by atoms with van der Waals surface area (Å²) in [5.41, 5.74) is 7.40. The Morgan fingerprint density at radius 1 is 1.00 bits per heavy atom. The lowest BCUT2D eigenvalue weighted by Crippen LogP contribution is -1.89. The van der Waals surface area contributed by atoms with Crippen LogP contribution in [0.5, 0.6) is 0 Å². The van der Waals surface area contributed by atoms with Crippen LogP contribution in [0, 0.1) is 0 Å². The number of hydrogen-bond donors (Lipinski definition) is 1. The zero-order valence-electron chi connectivity index (χ0n) is 6.64. The molecule has 0 aliphatic rings. The summed E-state index contributed by atoms with van der Waals surface area (Å²) >= 11 is 0. The van der Waals surface area contributed by atoms with Crippen LogP contribution in [-0.2, 0) is 0 Å². The molecule has 2 N–H and O–H groups in total. The van der Waals surface area contributed by atoms with E-state index in [1.54, 1.807) is 18.2 Å². The van der Waals surface area contributed by atoms with Crippen LogP contribution in [0.15, 0.2) is 61.4 Å². The molecule has 0 unspecified atom stereocenters. The van der Waals surface area contributed by atoms with Gasteiger partial charge in [-0.2, -0.15) is 0 Å². The minimum atomic E-state index is 0.503. The molecule has 0 amide bonds. The summed E-state index contributed by atoms with van der Waals surface area (Å²) in [6, 6.07) is 0. The van der Waals surface area contributed by atoms with Gasteiger partial charge >= 0.3 is 0 Å². The van der Waals surface area contributed by atoms with Gasteiger partial charge in [-0.15, -0.1) is 0 Å². The van der Waals surface area contributed by atoms with Gasteiger partial charge in [0.2, 0.25) is 0 Å². The Hall–Kier alpha value is -1.50. The summed E-state index contributed by atoms with van der Waals surface area (Å²) < 4.78 is 0. The zero-order chi connectivity index (χ0) is 8.85. The molecule has 0 aromatic rings. The van der Waals surface area contributed by atoms with Gasteiger partial charge in [-0.25, -0.2) is 0 Å². The molecule has 0 heterocycles. The predicted octanol–water partition coefficient (Wildman–Crippen LogP) is 2.31. The summed E-state index contributed by atoms with van der Waals surface area (Å²) in [5, 5.41) is 0. The van der Waals surface area contributed by atoms with Crippen molar-refractivity contribution in [1.82, 2.24) is 0 Å². The molecule has 0 spiro atoms. The molecule has 0 atom stereocenters. The average molecular weight is 147 g/mol. The maximum atomic E-state index is 5.30. The standard InChI is InChI=1S/C10H13N/c1-5-8(2)9(3)6-7-10(4)11/h5-7H,1-4,11H2/b7-6-. The second-order valence-corrected chi connectivity index (χ2v) is 2.16. The normalized spacial score (nSPS) is 9.45. The van der Waals surface area contributed by atoms with Gasteiger partial charge in [-0.3, -0.25) is 0 Å². The van der Waals surface area contributed by atoms with Gasteiger partial charge < -0.3 is 5.73 Å². The van der Waals surface area contributed by atoms with E-state index < -0.39 is 0 Å². The fourth-order valence-corrected chi connectivity index (χ4v) is 0.446. The first-order valence-corrected chi connectivity index (χ1v) is 3.21. The van der Waals surface area contributed by atoms with Crippen LogP contribution in [0.2, 0.25) is 0 Å². The lowest BCUT2D eigenvalue weighted by Gasteiger charge is -1.96. The number of rotatable bonds is 4. The molecule has 1 nitrogen and oxygen atoms in total. The number of hydrogen-bond acceptors (Lipinski definition) is 1.